The normalized spacial score (nSPS) is 18.8. The van der Waals surface area contributed by atoms with E-state index in [0.29, 0.717) is 5.92 Å². The molecular weight excluding hydrogens is 248 g/mol. The molecule has 0 aromatic heterocycles. The average Bonchev–Trinajstić information content (AvgIpc) is 2.50. The number of nitrogens with zero attached hydrogens (tertiary/aromatic N) is 1. The highest BCUT2D eigenvalue weighted by atomic mass is 16.1. The summed E-state index contributed by atoms with van der Waals surface area (Å²) >= 11 is 0. The Balaban J connectivity index is 1.97. The first kappa shape index (κ1) is 14.6. The third kappa shape index (κ3) is 3.60. The van der Waals surface area contributed by atoms with Crippen LogP contribution in [0.15, 0.2) is 30.3 Å². The number of carbonyl (C=O) groups is 1. The van der Waals surface area contributed by atoms with Crippen LogP contribution in [0.3, 0.4) is 0 Å². The lowest BCUT2D eigenvalue weighted by molar-refractivity contribution is -0.122. The monoisotopic (exact) mass is 270 g/mol. The molecule has 1 aromatic rings. The van der Waals surface area contributed by atoms with Crippen LogP contribution in [0.5, 0.6) is 0 Å². The molecule has 1 fully saturated rings. The Bertz CT molecular complexity index is 472. The molecule has 3 nitrogen and oxygen atoms in total. The van der Waals surface area contributed by atoms with Crippen LogP contribution in [0.1, 0.15) is 50.5 Å². The fourth-order valence-corrected chi connectivity index (χ4v) is 2.99. The largest absolute Gasteiger partial charge is 0.352 e. The summed E-state index contributed by atoms with van der Waals surface area (Å²) < 4.78 is 0. The van der Waals surface area contributed by atoms with Gasteiger partial charge >= 0.3 is 0 Å². The maximum atomic E-state index is 12.3. The van der Waals surface area contributed by atoms with Crippen LogP contribution in [-0.4, -0.2) is 11.9 Å². The summed E-state index contributed by atoms with van der Waals surface area (Å²) in [6, 6.07) is 11.5. The van der Waals surface area contributed by atoms with Crippen LogP contribution >= 0.6 is 0 Å². The zero-order valence-corrected chi connectivity index (χ0v) is 12.0. The number of nitriles is 1. The van der Waals surface area contributed by atoms with Crippen molar-refractivity contribution in [2.45, 2.75) is 51.0 Å². The van der Waals surface area contributed by atoms with Crippen molar-refractivity contribution in [1.82, 2.24) is 5.32 Å². The van der Waals surface area contributed by atoms with Gasteiger partial charge in [0.1, 0.15) is 5.92 Å². The molecule has 0 spiro atoms. The Morgan fingerprint density at radius 2 is 1.90 bits per heavy atom. The lowest BCUT2D eigenvalue weighted by Crippen LogP contribution is -2.41. The summed E-state index contributed by atoms with van der Waals surface area (Å²) in [5.74, 6) is -0.318. The second-order valence-electron chi connectivity index (χ2n) is 5.67. The van der Waals surface area contributed by atoms with Crippen LogP contribution in [0, 0.1) is 17.2 Å². The third-order valence-corrected chi connectivity index (χ3v) is 4.25. The maximum absolute atomic E-state index is 12.3. The number of amides is 1. The van der Waals surface area contributed by atoms with Crippen molar-refractivity contribution >= 4 is 5.91 Å². The topological polar surface area (TPSA) is 52.9 Å². The van der Waals surface area contributed by atoms with Crippen molar-refractivity contribution in [2.24, 2.45) is 5.92 Å². The van der Waals surface area contributed by atoms with Crippen molar-refractivity contribution in [2.75, 3.05) is 0 Å². The second-order valence-corrected chi connectivity index (χ2v) is 5.67. The number of nitrogens with one attached hydrogen (secondary N) is 1. The Labute approximate surface area is 121 Å². The van der Waals surface area contributed by atoms with Gasteiger partial charge in [-0.1, -0.05) is 49.6 Å². The molecule has 1 aliphatic carbocycles. The molecule has 0 bridgehead atoms. The van der Waals surface area contributed by atoms with Gasteiger partial charge in [0.15, 0.2) is 0 Å². The van der Waals surface area contributed by atoms with E-state index in [9.17, 15) is 10.1 Å². The van der Waals surface area contributed by atoms with Gasteiger partial charge in [-0.15, -0.1) is 0 Å². The van der Waals surface area contributed by atoms with E-state index in [1.165, 1.54) is 32.1 Å². The second kappa shape index (κ2) is 7.09. The minimum Gasteiger partial charge on any atom is -0.352 e. The molecule has 20 heavy (non-hydrogen) atoms. The molecule has 1 saturated carbocycles. The van der Waals surface area contributed by atoms with E-state index in [2.05, 4.69) is 18.3 Å². The molecule has 0 saturated heterocycles. The highest BCUT2D eigenvalue weighted by Gasteiger charge is 2.25. The Morgan fingerprint density at radius 3 is 2.50 bits per heavy atom. The number of hydrogen-bond acceptors (Lipinski definition) is 2. The highest BCUT2D eigenvalue weighted by Crippen LogP contribution is 2.26. The first-order valence-corrected chi connectivity index (χ1v) is 7.47. The number of hydrogen-bond donors (Lipinski definition) is 1. The van der Waals surface area contributed by atoms with Crippen LogP contribution in [0.25, 0.3) is 0 Å². The molecule has 1 aromatic carbocycles. The summed E-state index contributed by atoms with van der Waals surface area (Å²) in [5, 5.41) is 12.3. The molecule has 2 atom stereocenters. The zero-order valence-electron chi connectivity index (χ0n) is 12.0. The van der Waals surface area contributed by atoms with Gasteiger partial charge in [0, 0.05) is 6.04 Å². The van der Waals surface area contributed by atoms with Crippen molar-refractivity contribution in [3.63, 3.8) is 0 Å². The molecule has 0 radical (unpaired) electrons. The standard InChI is InChI=1S/C17H22N2O/c1-13(14-8-4-2-5-9-14)19-17(20)16(12-18)15-10-6-3-7-11-15/h3,6-7,10-11,13-14,16H,2,4-5,8-9H2,1H3,(H,19,20). The van der Waals surface area contributed by atoms with Crippen molar-refractivity contribution < 1.29 is 4.79 Å². The fourth-order valence-electron chi connectivity index (χ4n) is 2.99. The number of carbonyl (C=O) groups excluding carboxylic acids is 1. The van der Waals surface area contributed by atoms with E-state index < -0.39 is 5.92 Å². The van der Waals surface area contributed by atoms with E-state index >= 15 is 0 Å². The molecule has 0 aliphatic heterocycles. The van der Waals surface area contributed by atoms with E-state index in [0.717, 1.165) is 5.56 Å². The molecule has 0 heterocycles. The van der Waals surface area contributed by atoms with Gasteiger partial charge < -0.3 is 5.32 Å². The Kier molecular flexibility index (Phi) is 5.17. The Hall–Kier alpha value is -1.82. The van der Waals surface area contributed by atoms with Crippen LogP contribution in [0.4, 0.5) is 0 Å². The smallest absolute Gasteiger partial charge is 0.242 e. The molecule has 106 valence electrons. The summed E-state index contributed by atoms with van der Waals surface area (Å²) in [4.78, 5) is 12.3. The minimum atomic E-state index is -0.706. The molecule has 2 rings (SSSR count). The SMILES string of the molecule is CC(NC(=O)C(C#N)c1ccccc1)C1CCCCC1. The van der Waals surface area contributed by atoms with Gasteiger partial charge in [-0.3, -0.25) is 4.79 Å². The molecule has 1 amide bonds. The van der Waals surface area contributed by atoms with Gasteiger partial charge in [0.05, 0.1) is 6.07 Å². The summed E-state index contributed by atoms with van der Waals surface area (Å²) in [6.07, 6.45) is 6.19. The summed E-state index contributed by atoms with van der Waals surface area (Å²) in [7, 11) is 0. The third-order valence-electron chi connectivity index (χ3n) is 4.25. The van der Waals surface area contributed by atoms with Crippen molar-refractivity contribution in [3.05, 3.63) is 35.9 Å². The number of benzene rings is 1. The van der Waals surface area contributed by atoms with Crippen LogP contribution in [-0.2, 0) is 4.79 Å². The Morgan fingerprint density at radius 1 is 1.25 bits per heavy atom. The fraction of sp³-hybridized carbons (Fsp3) is 0.529. The van der Waals surface area contributed by atoms with Crippen LogP contribution < -0.4 is 5.32 Å². The van der Waals surface area contributed by atoms with Crippen molar-refractivity contribution in [3.8, 4) is 6.07 Å². The van der Waals surface area contributed by atoms with E-state index in [4.69, 9.17) is 0 Å². The van der Waals surface area contributed by atoms with E-state index in [1.54, 1.807) is 0 Å². The highest BCUT2D eigenvalue weighted by molar-refractivity contribution is 5.86. The van der Waals surface area contributed by atoms with Gasteiger partial charge in [-0.2, -0.15) is 5.26 Å². The van der Waals surface area contributed by atoms with Gasteiger partial charge in [0.2, 0.25) is 5.91 Å². The lowest BCUT2D eigenvalue weighted by Gasteiger charge is -2.28. The van der Waals surface area contributed by atoms with Gasteiger partial charge in [0.25, 0.3) is 0 Å². The van der Waals surface area contributed by atoms with Gasteiger partial charge in [-0.25, -0.2) is 0 Å². The quantitative estimate of drug-likeness (QED) is 0.912. The lowest BCUT2D eigenvalue weighted by atomic mass is 9.84. The number of rotatable bonds is 4. The summed E-state index contributed by atoms with van der Waals surface area (Å²) in [5.41, 5.74) is 0.767. The van der Waals surface area contributed by atoms with Crippen molar-refractivity contribution in [1.29, 1.82) is 5.26 Å². The molecule has 1 aliphatic rings. The average molecular weight is 270 g/mol. The molecule has 1 N–H and O–H groups in total. The van der Waals surface area contributed by atoms with Crippen LogP contribution in [0.2, 0.25) is 0 Å². The molecular formula is C17H22N2O. The zero-order chi connectivity index (χ0) is 14.4. The van der Waals surface area contributed by atoms with E-state index in [1.807, 2.05) is 30.3 Å². The minimum absolute atomic E-state index is 0.155. The predicted molar refractivity (Wildman–Crippen MR) is 79.0 cm³/mol. The molecule has 2 unspecified atom stereocenters. The predicted octanol–water partition coefficient (Wildman–Crippen LogP) is 3.38. The first-order valence-electron chi connectivity index (χ1n) is 7.47. The van der Waals surface area contributed by atoms with Gasteiger partial charge in [-0.05, 0) is 31.2 Å². The maximum Gasteiger partial charge on any atom is 0.242 e. The first-order chi connectivity index (χ1) is 9.72. The molecule has 3 heteroatoms. The van der Waals surface area contributed by atoms with E-state index in [-0.39, 0.29) is 11.9 Å². The summed E-state index contributed by atoms with van der Waals surface area (Å²) in [6.45, 7) is 2.06.